The second kappa shape index (κ2) is 6.14. The van der Waals surface area contributed by atoms with Crippen LogP contribution in [0, 0.1) is 5.82 Å². The van der Waals surface area contributed by atoms with Crippen LogP contribution in [-0.2, 0) is 11.2 Å². The van der Waals surface area contributed by atoms with E-state index in [1.165, 1.54) is 0 Å². The molecule has 0 atom stereocenters. The number of carbonyl (C=O) groups is 1. The second-order valence-corrected chi connectivity index (χ2v) is 6.20. The monoisotopic (exact) mass is 316 g/mol. The van der Waals surface area contributed by atoms with Gasteiger partial charge in [-0.15, -0.1) is 0 Å². The van der Waals surface area contributed by atoms with Crippen molar-refractivity contribution in [3.05, 3.63) is 50.2 Å². The molecule has 2 aliphatic rings. The van der Waals surface area contributed by atoms with E-state index >= 15 is 0 Å². The van der Waals surface area contributed by atoms with E-state index in [4.69, 9.17) is 0 Å². The number of nitrogens with one attached hydrogen (secondary N) is 2. The molecule has 0 fully saturated rings. The highest BCUT2D eigenvalue weighted by Gasteiger charge is 2.29. The van der Waals surface area contributed by atoms with Gasteiger partial charge < -0.3 is 10.3 Å². The number of aromatic nitrogens is 1. The van der Waals surface area contributed by atoms with Crippen molar-refractivity contribution >= 4 is 11.5 Å². The predicted molar refractivity (Wildman–Crippen MR) is 87.5 cm³/mol. The summed E-state index contributed by atoms with van der Waals surface area (Å²) in [7, 11) is 0. The average Bonchev–Trinajstić information content (AvgIpc) is 2.52. The van der Waals surface area contributed by atoms with Crippen molar-refractivity contribution in [3.8, 4) is 0 Å². The fourth-order valence-electron chi connectivity index (χ4n) is 3.59. The van der Waals surface area contributed by atoms with Crippen molar-refractivity contribution in [2.45, 2.75) is 46.0 Å². The van der Waals surface area contributed by atoms with E-state index in [2.05, 4.69) is 10.3 Å². The molecule has 0 unspecified atom stereocenters. The first-order chi connectivity index (χ1) is 11.0. The van der Waals surface area contributed by atoms with Crippen LogP contribution < -0.4 is 10.9 Å². The molecule has 122 valence electrons. The molecule has 3 rings (SSSR count). The lowest BCUT2D eigenvalue weighted by Crippen LogP contribution is -2.33. The Balaban J connectivity index is 2.27. The molecule has 2 N–H and O–H groups in total. The van der Waals surface area contributed by atoms with Crippen LogP contribution in [0.4, 0.5) is 4.39 Å². The number of pyridine rings is 1. The average molecular weight is 316 g/mol. The predicted octanol–water partition coefficient (Wildman–Crippen LogP) is 2.85. The van der Waals surface area contributed by atoms with E-state index in [-0.39, 0.29) is 5.91 Å². The van der Waals surface area contributed by atoms with Crippen LogP contribution in [0.1, 0.15) is 50.7 Å². The molecule has 5 heteroatoms. The van der Waals surface area contributed by atoms with Crippen molar-refractivity contribution in [2.24, 2.45) is 0 Å². The number of amides is 1. The number of H-pyrrole nitrogens is 1. The smallest absolute Gasteiger partial charge is 0.284 e. The SMILES string of the molecule is CCCC1=C(C2=C(C)CCNC2=O)CCc2c[nH]c(=O)c(F)c21. The summed E-state index contributed by atoms with van der Waals surface area (Å²) in [6.45, 7) is 4.63. The largest absolute Gasteiger partial charge is 0.352 e. The highest BCUT2D eigenvalue weighted by molar-refractivity contribution is 6.02. The van der Waals surface area contributed by atoms with Crippen LogP contribution in [0.5, 0.6) is 0 Å². The van der Waals surface area contributed by atoms with Gasteiger partial charge in [-0.1, -0.05) is 18.9 Å². The Morgan fingerprint density at radius 3 is 2.70 bits per heavy atom. The highest BCUT2D eigenvalue weighted by atomic mass is 19.1. The molecule has 23 heavy (non-hydrogen) atoms. The Hall–Kier alpha value is -2.17. The number of carbonyl (C=O) groups excluding carboxylic acids is 1. The molecular formula is C18H21FN2O2. The van der Waals surface area contributed by atoms with E-state index in [1.807, 2.05) is 13.8 Å². The molecule has 0 saturated carbocycles. The molecule has 0 spiro atoms. The van der Waals surface area contributed by atoms with Gasteiger partial charge in [0.2, 0.25) is 0 Å². The lowest BCUT2D eigenvalue weighted by atomic mass is 9.79. The van der Waals surface area contributed by atoms with Gasteiger partial charge >= 0.3 is 0 Å². The molecular weight excluding hydrogens is 295 g/mol. The van der Waals surface area contributed by atoms with Gasteiger partial charge in [0, 0.05) is 23.9 Å². The Bertz CT molecular complexity index is 787. The van der Waals surface area contributed by atoms with E-state index in [0.717, 1.165) is 35.1 Å². The Kier molecular flexibility index (Phi) is 4.20. The molecule has 2 heterocycles. The van der Waals surface area contributed by atoms with Crippen LogP contribution in [-0.4, -0.2) is 17.4 Å². The summed E-state index contributed by atoms with van der Waals surface area (Å²) >= 11 is 0. The van der Waals surface area contributed by atoms with Gasteiger partial charge in [-0.25, -0.2) is 4.39 Å². The van der Waals surface area contributed by atoms with Gasteiger partial charge in [0.15, 0.2) is 5.82 Å². The number of allylic oxidation sites excluding steroid dienone is 1. The van der Waals surface area contributed by atoms with Crippen LogP contribution in [0.15, 0.2) is 27.7 Å². The van der Waals surface area contributed by atoms with Crippen molar-refractivity contribution in [1.29, 1.82) is 0 Å². The van der Waals surface area contributed by atoms with E-state index in [9.17, 15) is 14.0 Å². The molecule has 0 saturated heterocycles. The summed E-state index contributed by atoms with van der Waals surface area (Å²) in [5, 5.41) is 2.88. The first-order valence-electron chi connectivity index (χ1n) is 8.15. The fourth-order valence-corrected chi connectivity index (χ4v) is 3.59. The molecule has 4 nitrogen and oxygen atoms in total. The maximum absolute atomic E-state index is 14.5. The Labute approximate surface area is 134 Å². The number of halogens is 1. The van der Waals surface area contributed by atoms with Crippen molar-refractivity contribution in [1.82, 2.24) is 10.3 Å². The maximum Gasteiger partial charge on any atom is 0.284 e. The second-order valence-electron chi connectivity index (χ2n) is 6.20. The minimum absolute atomic E-state index is 0.0777. The van der Waals surface area contributed by atoms with Gasteiger partial charge in [0.1, 0.15) is 0 Å². The third-order valence-electron chi connectivity index (χ3n) is 4.67. The number of rotatable bonds is 3. The van der Waals surface area contributed by atoms with E-state index in [1.54, 1.807) is 6.20 Å². The van der Waals surface area contributed by atoms with Crippen LogP contribution in [0.25, 0.3) is 5.57 Å². The summed E-state index contributed by atoms with van der Waals surface area (Å²) < 4.78 is 14.5. The zero-order chi connectivity index (χ0) is 16.6. The Morgan fingerprint density at radius 2 is 2.00 bits per heavy atom. The number of fused-ring (bicyclic) bond motifs is 1. The Morgan fingerprint density at radius 1 is 1.22 bits per heavy atom. The lowest BCUT2D eigenvalue weighted by molar-refractivity contribution is -0.117. The quantitative estimate of drug-likeness (QED) is 0.901. The standard InChI is InChI=1S/C18H21FN2O2/c1-3-4-12-13(14-10(2)7-8-20-17(14)22)6-5-11-9-21-18(23)16(19)15(11)12/h9H,3-8H2,1-2H3,(H,20,22)(H,21,23). The van der Waals surface area contributed by atoms with Gasteiger partial charge in [-0.3, -0.25) is 9.59 Å². The number of hydrogen-bond donors (Lipinski definition) is 2. The van der Waals surface area contributed by atoms with E-state index in [0.29, 0.717) is 36.9 Å². The molecule has 1 aromatic rings. The van der Waals surface area contributed by atoms with Gasteiger partial charge in [-0.2, -0.15) is 0 Å². The van der Waals surface area contributed by atoms with Gasteiger partial charge in [0.25, 0.3) is 11.5 Å². The zero-order valence-electron chi connectivity index (χ0n) is 13.5. The normalized spacial score (nSPS) is 18.1. The molecule has 0 aromatic carbocycles. The number of aryl methyl sites for hydroxylation is 1. The molecule has 1 aliphatic carbocycles. The zero-order valence-corrected chi connectivity index (χ0v) is 13.5. The summed E-state index contributed by atoms with van der Waals surface area (Å²) in [6.07, 6.45) is 5.25. The van der Waals surface area contributed by atoms with Crippen LogP contribution in [0.3, 0.4) is 0 Å². The van der Waals surface area contributed by atoms with Crippen molar-refractivity contribution in [3.63, 3.8) is 0 Å². The third-order valence-corrected chi connectivity index (χ3v) is 4.67. The van der Waals surface area contributed by atoms with Crippen molar-refractivity contribution < 1.29 is 9.18 Å². The maximum atomic E-state index is 14.5. The lowest BCUT2D eigenvalue weighted by Gasteiger charge is -2.28. The molecule has 1 aliphatic heterocycles. The third kappa shape index (κ3) is 2.64. The fraction of sp³-hybridized carbons (Fsp3) is 0.444. The van der Waals surface area contributed by atoms with Crippen LogP contribution >= 0.6 is 0 Å². The van der Waals surface area contributed by atoms with Crippen molar-refractivity contribution in [2.75, 3.05) is 6.54 Å². The number of hydrogen-bond acceptors (Lipinski definition) is 2. The number of aromatic amines is 1. The molecule has 1 aromatic heterocycles. The minimum Gasteiger partial charge on any atom is -0.352 e. The van der Waals surface area contributed by atoms with Gasteiger partial charge in [-0.05, 0) is 49.3 Å². The minimum atomic E-state index is -0.724. The van der Waals surface area contributed by atoms with Crippen LogP contribution in [0.2, 0.25) is 0 Å². The summed E-state index contributed by atoms with van der Waals surface area (Å²) in [6, 6.07) is 0. The topological polar surface area (TPSA) is 62.0 Å². The summed E-state index contributed by atoms with van der Waals surface area (Å²) in [4.78, 5) is 26.5. The summed E-state index contributed by atoms with van der Waals surface area (Å²) in [5.41, 5.74) is 4.02. The van der Waals surface area contributed by atoms with E-state index < -0.39 is 11.4 Å². The summed E-state index contributed by atoms with van der Waals surface area (Å²) in [5.74, 6) is -0.802. The molecule has 0 radical (unpaired) electrons. The molecule has 0 bridgehead atoms. The first-order valence-corrected chi connectivity index (χ1v) is 8.15. The highest BCUT2D eigenvalue weighted by Crippen LogP contribution is 2.39. The molecule has 1 amide bonds. The first kappa shape index (κ1) is 15.7. The van der Waals surface area contributed by atoms with Gasteiger partial charge in [0.05, 0.1) is 0 Å².